The Morgan fingerprint density at radius 3 is 3.06 bits per heavy atom. The molecular weight excluding hydrogens is 236 g/mol. The summed E-state index contributed by atoms with van der Waals surface area (Å²) < 4.78 is 6.65. The standard InChI is InChI=1S/C11H12N4O3/c16-10(8-2-1-7-18-8)14-4-3-9-12-13-11(17)15(9)6-5-14/h1-2,7H,3-6H2,(H,13,17). The minimum atomic E-state index is -0.225. The van der Waals surface area contributed by atoms with Crippen LogP contribution in [0.25, 0.3) is 0 Å². The van der Waals surface area contributed by atoms with Gasteiger partial charge in [0.25, 0.3) is 5.91 Å². The first-order chi connectivity index (χ1) is 8.75. The predicted molar refractivity (Wildman–Crippen MR) is 61.2 cm³/mol. The second-order valence-electron chi connectivity index (χ2n) is 4.12. The number of carbonyl (C=O) groups excluding carboxylic acids is 1. The van der Waals surface area contributed by atoms with Gasteiger partial charge in [0.1, 0.15) is 5.82 Å². The van der Waals surface area contributed by atoms with E-state index in [1.807, 2.05) is 0 Å². The molecule has 0 radical (unpaired) electrons. The Morgan fingerprint density at radius 1 is 1.39 bits per heavy atom. The van der Waals surface area contributed by atoms with Gasteiger partial charge in [0, 0.05) is 26.1 Å². The lowest BCUT2D eigenvalue weighted by Crippen LogP contribution is -2.34. The average Bonchev–Trinajstić information content (AvgIpc) is 2.95. The van der Waals surface area contributed by atoms with Crippen molar-refractivity contribution in [2.24, 2.45) is 0 Å². The highest BCUT2D eigenvalue weighted by molar-refractivity contribution is 5.91. The van der Waals surface area contributed by atoms with Crippen molar-refractivity contribution >= 4 is 5.91 Å². The Kier molecular flexibility index (Phi) is 2.51. The van der Waals surface area contributed by atoms with Crippen LogP contribution >= 0.6 is 0 Å². The number of aromatic amines is 1. The molecule has 0 spiro atoms. The fourth-order valence-corrected chi connectivity index (χ4v) is 2.10. The van der Waals surface area contributed by atoms with E-state index in [2.05, 4.69) is 10.2 Å². The van der Waals surface area contributed by atoms with E-state index in [0.717, 1.165) is 0 Å². The predicted octanol–water partition coefficient (Wildman–Crippen LogP) is -0.137. The number of aromatic nitrogens is 3. The molecule has 0 unspecified atom stereocenters. The van der Waals surface area contributed by atoms with E-state index in [0.29, 0.717) is 37.6 Å². The highest BCUT2D eigenvalue weighted by Crippen LogP contribution is 2.09. The van der Waals surface area contributed by atoms with Crippen molar-refractivity contribution in [3.63, 3.8) is 0 Å². The first kappa shape index (κ1) is 10.8. The van der Waals surface area contributed by atoms with Crippen molar-refractivity contribution in [3.05, 3.63) is 40.5 Å². The van der Waals surface area contributed by atoms with Crippen molar-refractivity contribution in [2.45, 2.75) is 13.0 Å². The largest absolute Gasteiger partial charge is 0.459 e. The zero-order chi connectivity index (χ0) is 12.5. The molecule has 7 heteroatoms. The number of amides is 1. The Labute approximate surface area is 102 Å². The molecule has 2 aromatic heterocycles. The number of carbonyl (C=O) groups is 1. The Morgan fingerprint density at radius 2 is 2.28 bits per heavy atom. The second-order valence-corrected chi connectivity index (χ2v) is 4.12. The average molecular weight is 248 g/mol. The van der Waals surface area contributed by atoms with Gasteiger partial charge >= 0.3 is 5.69 Å². The summed E-state index contributed by atoms with van der Waals surface area (Å²) in [5.74, 6) is 0.861. The minimum absolute atomic E-state index is 0.151. The number of nitrogens with one attached hydrogen (secondary N) is 1. The summed E-state index contributed by atoms with van der Waals surface area (Å²) in [6.45, 7) is 1.47. The van der Waals surface area contributed by atoms with Gasteiger partial charge in [-0.1, -0.05) is 0 Å². The first-order valence-electron chi connectivity index (χ1n) is 5.72. The maximum Gasteiger partial charge on any atom is 0.343 e. The molecule has 2 aromatic rings. The highest BCUT2D eigenvalue weighted by Gasteiger charge is 2.22. The number of furan rings is 1. The summed E-state index contributed by atoms with van der Waals surface area (Å²) in [5, 5.41) is 6.35. The van der Waals surface area contributed by atoms with E-state index in [1.54, 1.807) is 21.6 Å². The van der Waals surface area contributed by atoms with Gasteiger partial charge in [-0.2, -0.15) is 5.10 Å². The van der Waals surface area contributed by atoms with Gasteiger partial charge in [-0.05, 0) is 12.1 Å². The van der Waals surface area contributed by atoms with Crippen molar-refractivity contribution in [1.82, 2.24) is 19.7 Å². The molecule has 18 heavy (non-hydrogen) atoms. The number of nitrogens with zero attached hydrogens (tertiary/aromatic N) is 3. The van der Waals surface area contributed by atoms with Gasteiger partial charge in [-0.25, -0.2) is 9.89 Å². The van der Waals surface area contributed by atoms with Gasteiger partial charge in [0.15, 0.2) is 5.76 Å². The van der Waals surface area contributed by atoms with E-state index in [1.165, 1.54) is 6.26 Å². The number of hydrogen-bond donors (Lipinski definition) is 1. The lowest BCUT2D eigenvalue weighted by atomic mass is 10.3. The SMILES string of the molecule is O=C(c1ccco1)N1CCc2n[nH]c(=O)n2CC1. The molecule has 0 atom stereocenters. The van der Waals surface area contributed by atoms with Gasteiger partial charge in [0.05, 0.1) is 6.26 Å². The number of rotatable bonds is 1. The molecule has 1 aliphatic rings. The van der Waals surface area contributed by atoms with Crippen LogP contribution in [0.4, 0.5) is 0 Å². The zero-order valence-electron chi connectivity index (χ0n) is 9.63. The zero-order valence-corrected chi connectivity index (χ0v) is 9.63. The summed E-state index contributed by atoms with van der Waals surface area (Å²) in [4.78, 5) is 25.2. The maximum atomic E-state index is 12.1. The van der Waals surface area contributed by atoms with Crippen molar-refractivity contribution in [3.8, 4) is 0 Å². The summed E-state index contributed by atoms with van der Waals surface area (Å²) >= 11 is 0. The van der Waals surface area contributed by atoms with Gasteiger partial charge in [-0.15, -0.1) is 0 Å². The maximum absolute atomic E-state index is 12.1. The van der Waals surface area contributed by atoms with E-state index in [-0.39, 0.29) is 11.6 Å². The summed E-state index contributed by atoms with van der Waals surface area (Å²) in [6, 6.07) is 3.32. The second kappa shape index (κ2) is 4.17. The molecule has 0 aromatic carbocycles. The normalized spacial score (nSPS) is 15.2. The molecule has 1 aliphatic heterocycles. The summed E-state index contributed by atoms with van der Waals surface area (Å²) in [7, 11) is 0. The van der Waals surface area contributed by atoms with E-state index in [9.17, 15) is 9.59 Å². The molecule has 94 valence electrons. The summed E-state index contributed by atoms with van der Waals surface area (Å²) in [6.07, 6.45) is 2.03. The van der Waals surface area contributed by atoms with Crippen molar-refractivity contribution < 1.29 is 9.21 Å². The third-order valence-electron chi connectivity index (χ3n) is 3.06. The number of H-pyrrole nitrogens is 1. The molecule has 1 amide bonds. The Bertz CT molecular complexity index is 611. The van der Waals surface area contributed by atoms with Crippen LogP contribution in [0.5, 0.6) is 0 Å². The molecule has 1 N–H and O–H groups in total. The van der Waals surface area contributed by atoms with Crippen LogP contribution in [0.2, 0.25) is 0 Å². The molecule has 0 aliphatic carbocycles. The summed E-state index contributed by atoms with van der Waals surface area (Å²) in [5.41, 5.74) is -0.225. The van der Waals surface area contributed by atoms with Gasteiger partial charge in [-0.3, -0.25) is 9.36 Å². The molecule has 0 saturated heterocycles. The van der Waals surface area contributed by atoms with Crippen LogP contribution in [0.1, 0.15) is 16.4 Å². The topological polar surface area (TPSA) is 84.1 Å². The van der Waals surface area contributed by atoms with E-state index >= 15 is 0 Å². The fourth-order valence-electron chi connectivity index (χ4n) is 2.10. The first-order valence-corrected chi connectivity index (χ1v) is 5.72. The molecule has 7 nitrogen and oxygen atoms in total. The van der Waals surface area contributed by atoms with E-state index < -0.39 is 0 Å². The van der Waals surface area contributed by atoms with E-state index in [4.69, 9.17) is 4.42 Å². The van der Waals surface area contributed by atoms with Crippen LogP contribution < -0.4 is 5.69 Å². The van der Waals surface area contributed by atoms with Crippen LogP contribution in [0.15, 0.2) is 27.6 Å². The minimum Gasteiger partial charge on any atom is -0.459 e. The van der Waals surface area contributed by atoms with Crippen LogP contribution in [-0.4, -0.2) is 38.7 Å². The number of hydrogen-bond acceptors (Lipinski definition) is 4. The number of fused-ring (bicyclic) bond motifs is 1. The third-order valence-corrected chi connectivity index (χ3v) is 3.06. The van der Waals surface area contributed by atoms with Crippen LogP contribution in [0.3, 0.4) is 0 Å². The monoisotopic (exact) mass is 248 g/mol. The smallest absolute Gasteiger partial charge is 0.343 e. The van der Waals surface area contributed by atoms with Crippen LogP contribution in [0, 0.1) is 0 Å². The highest BCUT2D eigenvalue weighted by atomic mass is 16.3. The molecule has 3 heterocycles. The quantitative estimate of drug-likeness (QED) is 0.761. The molecule has 3 rings (SSSR count). The van der Waals surface area contributed by atoms with Crippen LogP contribution in [-0.2, 0) is 13.0 Å². The third kappa shape index (κ3) is 1.73. The lowest BCUT2D eigenvalue weighted by Gasteiger charge is -2.18. The lowest BCUT2D eigenvalue weighted by molar-refractivity contribution is 0.0726. The Hall–Kier alpha value is -2.31. The molecule has 0 saturated carbocycles. The van der Waals surface area contributed by atoms with Gasteiger partial charge < -0.3 is 9.32 Å². The molecule has 0 bridgehead atoms. The Balaban J connectivity index is 1.79. The molecule has 0 fully saturated rings. The van der Waals surface area contributed by atoms with Gasteiger partial charge in [0.2, 0.25) is 0 Å². The fraction of sp³-hybridized carbons (Fsp3) is 0.364. The molecular formula is C11H12N4O3. The van der Waals surface area contributed by atoms with Crippen molar-refractivity contribution in [2.75, 3.05) is 13.1 Å². The van der Waals surface area contributed by atoms with Crippen molar-refractivity contribution in [1.29, 1.82) is 0 Å².